The van der Waals surface area contributed by atoms with Crippen LogP contribution in [0.1, 0.15) is 24.4 Å². The van der Waals surface area contributed by atoms with Crippen LogP contribution in [-0.4, -0.2) is 17.2 Å². The van der Waals surface area contributed by atoms with E-state index in [9.17, 15) is 0 Å². The molecule has 1 heterocycles. The largest absolute Gasteiger partial charge is 0.311 e. The topological polar surface area (TPSA) is 37.8 Å². The standard InChI is InChI=1S/C12H13BrIN3S/c1-3-10(15-2)12-17-16-11(18-12)8-6-7(13)4-5-9(8)14/h4-6,10,15H,3H2,1-2H3. The van der Waals surface area contributed by atoms with Crippen molar-refractivity contribution in [2.24, 2.45) is 0 Å². The molecule has 1 N–H and O–H groups in total. The molecular weight excluding hydrogens is 425 g/mol. The minimum Gasteiger partial charge on any atom is -0.311 e. The van der Waals surface area contributed by atoms with Gasteiger partial charge in [-0.05, 0) is 54.3 Å². The lowest BCUT2D eigenvalue weighted by molar-refractivity contribution is 0.568. The Hall–Kier alpha value is -0.0500. The van der Waals surface area contributed by atoms with Gasteiger partial charge in [0.2, 0.25) is 0 Å². The second kappa shape index (κ2) is 6.40. The lowest BCUT2D eigenvalue weighted by atomic mass is 10.2. The van der Waals surface area contributed by atoms with E-state index in [0.29, 0.717) is 6.04 Å². The van der Waals surface area contributed by atoms with Crippen LogP contribution in [0.15, 0.2) is 22.7 Å². The highest BCUT2D eigenvalue weighted by atomic mass is 127. The van der Waals surface area contributed by atoms with E-state index in [-0.39, 0.29) is 0 Å². The SMILES string of the molecule is CCC(NC)c1nnc(-c2cc(Br)ccc2I)s1. The second-order valence-electron chi connectivity index (χ2n) is 3.82. The molecule has 0 radical (unpaired) electrons. The fourth-order valence-corrected chi connectivity index (χ4v) is 3.85. The molecular formula is C12H13BrIN3S. The molecule has 1 aromatic carbocycles. The van der Waals surface area contributed by atoms with Crippen molar-refractivity contribution in [3.05, 3.63) is 31.2 Å². The lowest BCUT2D eigenvalue weighted by Gasteiger charge is -2.08. The Morgan fingerprint density at radius 3 is 2.89 bits per heavy atom. The minimum absolute atomic E-state index is 0.293. The zero-order valence-corrected chi connectivity index (χ0v) is 14.6. The summed E-state index contributed by atoms with van der Waals surface area (Å²) in [6, 6.07) is 6.50. The third-order valence-electron chi connectivity index (χ3n) is 2.65. The third kappa shape index (κ3) is 3.09. The number of benzene rings is 1. The molecule has 0 aliphatic rings. The zero-order chi connectivity index (χ0) is 13.1. The first-order valence-electron chi connectivity index (χ1n) is 5.61. The molecule has 3 nitrogen and oxygen atoms in total. The van der Waals surface area contributed by atoms with E-state index in [2.05, 4.69) is 73.1 Å². The number of rotatable bonds is 4. The number of hydrogen-bond acceptors (Lipinski definition) is 4. The van der Waals surface area contributed by atoms with Crippen molar-refractivity contribution in [1.82, 2.24) is 15.5 Å². The Kier molecular flexibility index (Phi) is 5.11. The Bertz CT molecular complexity index is 540. The van der Waals surface area contributed by atoms with Gasteiger partial charge in [0.05, 0.1) is 6.04 Å². The van der Waals surface area contributed by atoms with Crippen LogP contribution in [0.2, 0.25) is 0 Å². The van der Waals surface area contributed by atoms with Crippen LogP contribution in [0.4, 0.5) is 0 Å². The summed E-state index contributed by atoms with van der Waals surface area (Å²) in [7, 11) is 1.96. The van der Waals surface area contributed by atoms with E-state index in [1.807, 2.05) is 13.1 Å². The smallest absolute Gasteiger partial charge is 0.148 e. The molecule has 1 aromatic heterocycles. The summed E-state index contributed by atoms with van der Waals surface area (Å²) in [6.07, 6.45) is 1.01. The Morgan fingerprint density at radius 1 is 1.44 bits per heavy atom. The summed E-state index contributed by atoms with van der Waals surface area (Å²) in [6.45, 7) is 2.14. The van der Waals surface area contributed by atoms with Crippen molar-refractivity contribution in [2.75, 3.05) is 7.05 Å². The van der Waals surface area contributed by atoms with Crippen molar-refractivity contribution < 1.29 is 0 Å². The Labute approximate surface area is 133 Å². The normalized spacial score (nSPS) is 12.7. The van der Waals surface area contributed by atoms with Crippen LogP contribution < -0.4 is 5.32 Å². The summed E-state index contributed by atoms with van der Waals surface area (Å²) < 4.78 is 2.26. The highest BCUT2D eigenvalue weighted by Crippen LogP contribution is 2.32. The summed E-state index contributed by atoms with van der Waals surface area (Å²) in [5.41, 5.74) is 1.14. The molecule has 1 atom stereocenters. The number of halogens is 2. The van der Waals surface area contributed by atoms with Gasteiger partial charge in [-0.15, -0.1) is 10.2 Å². The Balaban J connectivity index is 2.37. The van der Waals surface area contributed by atoms with E-state index < -0.39 is 0 Å². The van der Waals surface area contributed by atoms with Crippen LogP contribution in [0.25, 0.3) is 10.6 Å². The lowest BCUT2D eigenvalue weighted by Crippen LogP contribution is -2.14. The van der Waals surface area contributed by atoms with E-state index in [1.54, 1.807) is 11.3 Å². The van der Waals surface area contributed by atoms with Gasteiger partial charge >= 0.3 is 0 Å². The van der Waals surface area contributed by atoms with Crippen LogP contribution >= 0.6 is 49.9 Å². The summed E-state index contributed by atoms with van der Waals surface area (Å²) >= 11 is 7.48. The van der Waals surface area contributed by atoms with E-state index in [1.165, 1.54) is 3.57 Å². The predicted octanol–water partition coefficient (Wildman–Crippen LogP) is 4.24. The maximum absolute atomic E-state index is 4.31. The third-order valence-corrected chi connectivity index (χ3v) is 5.16. The molecule has 0 aliphatic heterocycles. The van der Waals surface area contributed by atoms with Crippen LogP contribution in [0, 0.1) is 3.57 Å². The zero-order valence-electron chi connectivity index (χ0n) is 10.1. The van der Waals surface area contributed by atoms with E-state index >= 15 is 0 Å². The average Bonchev–Trinajstić information content (AvgIpc) is 2.83. The minimum atomic E-state index is 0.293. The number of nitrogens with zero attached hydrogens (tertiary/aromatic N) is 2. The first-order valence-corrected chi connectivity index (χ1v) is 8.30. The maximum atomic E-state index is 4.31. The molecule has 0 spiro atoms. The molecule has 1 unspecified atom stereocenters. The van der Waals surface area contributed by atoms with Gasteiger partial charge < -0.3 is 5.32 Å². The van der Waals surface area contributed by atoms with Gasteiger partial charge in [0.1, 0.15) is 10.0 Å². The van der Waals surface area contributed by atoms with Gasteiger partial charge in [-0.3, -0.25) is 0 Å². The summed E-state index contributed by atoms with van der Waals surface area (Å²) in [5.74, 6) is 0. The first-order chi connectivity index (χ1) is 8.65. The quantitative estimate of drug-likeness (QED) is 0.726. The molecule has 0 bridgehead atoms. The molecule has 96 valence electrons. The van der Waals surface area contributed by atoms with E-state index in [4.69, 9.17) is 0 Å². The molecule has 0 saturated carbocycles. The van der Waals surface area contributed by atoms with Gasteiger partial charge in [-0.1, -0.05) is 34.2 Å². The highest BCUT2D eigenvalue weighted by molar-refractivity contribution is 14.1. The molecule has 2 aromatic rings. The van der Waals surface area contributed by atoms with Crippen molar-refractivity contribution in [3.8, 4) is 10.6 Å². The van der Waals surface area contributed by atoms with Gasteiger partial charge in [0.15, 0.2) is 0 Å². The highest BCUT2D eigenvalue weighted by Gasteiger charge is 2.15. The summed E-state index contributed by atoms with van der Waals surface area (Å²) in [5, 5.41) is 13.9. The van der Waals surface area contributed by atoms with E-state index in [0.717, 1.165) is 26.5 Å². The molecule has 0 fully saturated rings. The van der Waals surface area contributed by atoms with Crippen molar-refractivity contribution in [1.29, 1.82) is 0 Å². The molecule has 0 saturated heterocycles. The molecule has 0 amide bonds. The van der Waals surface area contributed by atoms with Crippen molar-refractivity contribution in [2.45, 2.75) is 19.4 Å². The molecule has 18 heavy (non-hydrogen) atoms. The van der Waals surface area contributed by atoms with Crippen LogP contribution in [0.5, 0.6) is 0 Å². The molecule has 0 aliphatic carbocycles. The summed E-state index contributed by atoms with van der Waals surface area (Å²) in [4.78, 5) is 0. The molecule has 6 heteroatoms. The molecule has 2 rings (SSSR count). The van der Waals surface area contributed by atoms with Crippen LogP contribution in [-0.2, 0) is 0 Å². The first kappa shape index (κ1) is 14.4. The van der Waals surface area contributed by atoms with Gasteiger partial charge in [0.25, 0.3) is 0 Å². The fraction of sp³-hybridized carbons (Fsp3) is 0.333. The number of hydrogen-bond donors (Lipinski definition) is 1. The number of nitrogens with one attached hydrogen (secondary N) is 1. The predicted molar refractivity (Wildman–Crippen MR) is 87.9 cm³/mol. The maximum Gasteiger partial charge on any atom is 0.148 e. The number of aromatic nitrogens is 2. The fourth-order valence-electron chi connectivity index (χ4n) is 1.65. The monoisotopic (exact) mass is 437 g/mol. The van der Waals surface area contributed by atoms with Gasteiger partial charge in [-0.2, -0.15) is 0 Å². The second-order valence-corrected chi connectivity index (χ2v) is 6.91. The van der Waals surface area contributed by atoms with Crippen molar-refractivity contribution >= 4 is 49.9 Å². The Morgan fingerprint density at radius 2 is 2.22 bits per heavy atom. The van der Waals surface area contributed by atoms with Crippen molar-refractivity contribution in [3.63, 3.8) is 0 Å². The van der Waals surface area contributed by atoms with Gasteiger partial charge in [-0.25, -0.2) is 0 Å². The van der Waals surface area contributed by atoms with Crippen LogP contribution in [0.3, 0.4) is 0 Å². The average molecular weight is 438 g/mol. The van der Waals surface area contributed by atoms with Gasteiger partial charge in [0, 0.05) is 13.6 Å².